The number of hydrogen-bond acceptors (Lipinski definition) is 2. The highest BCUT2D eigenvalue weighted by molar-refractivity contribution is 9.10. The smallest absolute Gasteiger partial charge is 0.0980 e. The monoisotopic (exact) mass is 411 g/mol. The van der Waals surface area contributed by atoms with Gasteiger partial charge in [-0.25, -0.2) is 0 Å². The van der Waals surface area contributed by atoms with Crippen LogP contribution in [0.5, 0.6) is 0 Å². The van der Waals surface area contributed by atoms with E-state index >= 15 is 0 Å². The molecular formula is C17H19Br2NO. The minimum atomic E-state index is -0.105. The number of halogens is 2. The summed E-state index contributed by atoms with van der Waals surface area (Å²) < 4.78 is 8.21. The lowest BCUT2D eigenvalue weighted by molar-refractivity contribution is 0.0212. The first-order chi connectivity index (χ1) is 10.1. The molecule has 0 radical (unpaired) electrons. The molecule has 0 fully saturated rings. The lowest BCUT2D eigenvalue weighted by Crippen LogP contribution is -2.29. The Balaban J connectivity index is 2.14. The molecule has 2 rings (SSSR count). The Morgan fingerprint density at radius 2 is 1.71 bits per heavy atom. The highest BCUT2D eigenvalue weighted by Gasteiger charge is 2.19. The third kappa shape index (κ3) is 4.92. The van der Waals surface area contributed by atoms with Crippen LogP contribution in [-0.4, -0.2) is 6.04 Å². The fourth-order valence-electron chi connectivity index (χ4n) is 2.18. The Labute approximate surface area is 143 Å². The van der Waals surface area contributed by atoms with Gasteiger partial charge in [0.15, 0.2) is 0 Å². The topological polar surface area (TPSA) is 35.2 Å². The second-order valence-corrected chi connectivity index (χ2v) is 6.82. The lowest BCUT2D eigenvalue weighted by atomic mass is 10.0. The van der Waals surface area contributed by atoms with E-state index in [1.807, 2.05) is 24.3 Å². The van der Waals surface area contributed by atoms with Crippen molar-refractivity contribution in [1.29, 1.82) is 0 Å². The summed E-state index contributed by atoms with van der Waals surface area (Å²) in [5, 5.41) is 0. The summed E-state index contributed by atoms with van der Waals surface area (Å²) in [4.78, 5) is 0. The van der Waals surface area contributed by atoms with E-state index in [-0.39, 0.29) is 12.1 Å². The molecule has 4 heteroatoms. The Hall–Kier alpha value is -0.680. The summed E-state index contributed by atoms with van der Waals surface area (Å²) in [5.41, 5.74) is 8.48. The van der Waals surface area contributed by atoms with E-state index in [9.17, 15) is 0 Å². The van der Waals surface area contributed by atoms with Crippen molar-refractivity contribution in [3.63, 3.8) is 0 Å². The van der Waals surface area contributed by atoms with E-state index in [1.54, 1.807) is 0 Å². The lowest BCUT2D eigenvalue weighted by Gasteiger charge is -2.24. The molecule has 2 unspecified atom stereocenters. The zero-order valence-corrected chi connectivity index (χ0v) is 15.1. The van der Waals surface area contributed by atoms with Crippen LogP contribution in [0.1, 0.15) is 30.6 Å². The summed E-state index contributed by atoms with van der Waals surface area (Å²) in [6, 6.07) is 16.3. The van der Waals surface area contributed by atoms with Crippen molar-refractivity contribution in [2.45, 2.75) is 32.1 Å². The van der Waals surface area contributed by atoms with E-state index in [2.05, 4.69) is 63.0 Å². The third-order valence-electron chi connectivity index (χ3n) is 3.36. The molecule has 0 aromatic heterocycles. The summed E-state index contributed by atoms with van der Waals surface area (Å²) in [6.07, 6.45) is 0.766. The van der Waals surface area contributed by atoms with Gasteiger partial charge in [0, 0.05) is 15.0 Å². The van der Waals surface area contributed by atoms with Crippen molar-refractivity contribution in [1.82, 2.24) is 0 Å². The molecule has 0 amide bonds. The van der Waals surface area contributed by atoms with Crippen molar-refractivity contribution in [2.75, 3.05) is 0 Å². The fraction of sp³-hybridized carbons (Fsp3) is 0.294. The molecule has 2 atom stereocenters. The molecule has 0 aliphatic carbocycles. The van der Waals surface area contributed by atoms with Crippen molar-refractivity contribution in [2.24, 2.45) is 5.73 Å². The maximum Gasteiger partial charge on any atom is 0.0980 e. The number of nitrogens with two attached hydrogens (primary N) is 1. The molecule has 2 aromatic rings. The van der Waals surface area contributed by atoms with Crippen molar-refractivity contribution in [3.8, 4) is 0 Å². The number of rotatable bonds is 6. The van der Waals surface area contributed by atoms with Gasteiger partial charge < -0.3 is 10.5 Å². The Morgan fingerprint density at radius 3 is 2.33 bits per heavy atom. The first-order valence-corrected chi connectivity index (χ1v) is 8.56. The SMILES string of the molecule is CCC(N)C(OCc1cccc(Br)c1)c1cccc(Br)c1. The minimum absolute atomic E-state index is 0.0218. The second-order valence-electron chi connectivity index (χ2n) is 4.99. The largest absolute Gasteiger partial charge is 0.367 e. The number of ether oxygens (including phenoxy) is 1. The van der Waals surface area contributed by atoms with Crippen LogP contribution >= 0.6 is 31.9 Å². The average molecular weight is 413 g/mol. The predicted molar refractivity (Wildman–Crippen MR) is 94.1 cm³/mol. The van der Waals surface area contributed by atoms with Crippen molar-refractivity contribution in [3.05, 3.63) is 68.6 Å². The van der Waals surface area contributed by atoms with E-state index in [4.69, 9.17) is 10.5 Å². The molecule has 2 aromatic carbocycles. The molecule has 0 aliphatic rings. The van der Waals surface area contributed by atoms with Gasteiger partial charge >= 0.3 is 0 Å². The van der Waals surface area contributed by atoms with Gasteiger partial charge in [0.2, 0.25) is 0 Å². The fourth-order valence-corrected chi connectivity index (χ4v) is 3.04. The standard InChI is InChI=1S/C17H19Br2NO/c1-2-16(20)17(13-6-4-8-15(19)10-13)21-11-12-5-3-7-14(18)9-12/h3-10,16-17H,2,11,20H2,1H3. The van der Waals surface area contributed by atoms with E-state index < -0.39 is 0 Å². The Kier molecular flexibility index (Phi) is 6.42. The van der Waals surface area contributed by atoms with Crippen LogP contribution < -0.4 is 5.73 Å². The minimum Gasteiger partial charge on any atom is -0.367 e. The van der Waals surface area contributed by atoms with Crippen LogP contribution in [-0.2, 0) is 11.3 Å². The first-order valence-electron chi connectivity index (χ1n) is 6.97. The first kappa shape index (κ1) is 16.7. The van der Waals surface area contributed by atoms with Gasteiger partial charge in [0.25, 0.3) is 0 Å². The Bertz CT molecular complexity index is 589. The highest BCUT2D eigenvalue weighted by atomic mass is 79.9. The molecule has 2 nitrogen and oxygen atoms in total. The van der Waals surface area contributed by atoms with Crippen LogP contribution in [0.2, 0.25) is 0 Å². The van der Waals surface area contributed by atoms with E-state index in [0.29, 0.717) is 6.61 Å². The highest BCUT2D eigenvalue weighted by Crippen LogP contribution is 2.26. The van der Waals surface area contributed by atoms with Gasteiger partial charge in [-0.05, 0) is 41.8 Å². The normalized spacial score (nSPS) is 13.9. The van der Waals surface area contributed by atoms with Crippen molar-refractivity contribution >= 4 is 31.9 Å². The molecule has 112 valence electrons. The van der Waals surface area contributed by atoms with Gasteiger partial charge in [-0.2, -0.15) is 0 Å². The zero-order valence-electron chi connectivity index (χ0n) is 11.9. The molecule has 0 saturated carbocycles. The molecule has 2 N–H and O–H groups in total. The van der Waals surface area contributed by atoms with Gasteiger partial charge in [0.1, 0.15) is 0 Å². The van der Waals surface area contributed by atoms with Gasteiger partial charge in [-0.3, -0.25) is 0 Å². The van der Waals surface area contributed by atoms with Gasteiger partial charge in [-0.1, -0.05) is 63.0 Å². The van der Waals surface area contributed by atoms with E-state index in [1.165, 1.54) is 0 Å². The van der Waals surface area contributed by atoms with Crippen LogP contribution in [0.15, 0.2) is 57.5 Å². The van der Waals surface area contributed by atoms with Crippen LogP contribution in [0.3, 0.4) is 0 Å². The summed E-state index contributed by atoms with van der Waals surface area (Å²) in [7, 11) is 0. The number of hydrogen-bond donors (Lipinski definition) is 1. The predicted octanol–water partition coefficient (Wildman–Crippen LogP) is 5.21. The Morgan fingerprint density at radius 1 is 1.05 bits per heavy atom. The maximum atomic E-state index is 6.24. The number of benzene rings is 2. The van der Waals surface area contributed by atoms with Gasteiger partial charge in [-0.15, -0.1) is 0 Å². The maximum absolute atomic E-state index is 6.24. The summed E-state index contributed by atoms with van der Waals surface area (Å²) >= 11 is 6.98. The van der Waals surface area contributed by atoms with E-state index in [0.717, 1.165) is 26.5 Å². The summed E-state index contributed by atoms with van der Waals surface area (Å²) in [6.45, 7) is 2.63. The average Bonchev–Trinajstić information content (AvgIpc) is 2.47. The van der Waals surface area contributed by atoms with Crippen LogP contribution in [0.25, 0.3) is 0 Å². The molecule has 0 heterocycles. The molecule has 0 aliphatic heterocycles. The molecule has 0 saturated heterocycles. The zero-order chi connectivity index (χ0) is 15.2. The molecular weight excluding hydrogens is 394 g/mol. The van der Waals surface area contributed by atoms with Crippen LogP contribution in [0.4, 0.5) is 0 Å². The molecule has 0 bridgehead atoms. The quantitative estimate of drug-likeness (QED) is 0.706. The molecule has 21 heavy (non-hydrogen) atoms. The third-order valence-corrected chi connectivity index (χ3v) is 4.34. The molecule has 0 spiro atoms. The van der Waals surface area contributed by atoms with Crippen molar-refractivity contribution < 1.29 is 4.74 Å². The summed E-state index contributed by atoms with van der Waals surface area (Å²) in [5.74, 6) is 0. The van der Waals surface area contributed by atoms with Crippen LogP contribution in [0, 0.1) is 0 Å². The van der Waals surface area contributed by atoms with Gasteiger partial charge in [0.05, 0.1) is 12.7 Å². The second kappa shape index (κ2) is 8.08.